The zero-order valence-electron chi connectivity index (χ0n) is 17.3. The van der Waals surface area contributed by atoms with Gasteiger partial charge < -0.3 is 9.30 Å². The molecule has 5 aromatic rings. The Kier molecular flexibility index (Phi) is 4.22. The molecule has 6 rings (SSSR count). The van der Waals surface area contributed by atoms with Crippen molar-refractivity contribution >= 4 is 16.4 Å². The van der Waals surface area contributed by atoms with Crippen LogP contribution in [0.4, 0.5) is 0 Å². The third-order valence-corrected chi connectivity index (χ3v) is 5.91. The van der Waals surface area contributed by atoms with Gasteiger partial charge in [-0.3, -0.25) is 0 Å². The molecule has 1 saturated carbocycles. The van der Waals surface area contributed by atoms with Gasteiger partial charge in [-0.2, -0.15) is 10.2 Å². The zero-order valence-corrected chi connectivity index (χ0v) is 17.3. The molecular weight excluding hydrogens is 390 g/mol. The number of nitrogens with zero attached hydrogens (tertiary/aromatic N) is 7. The highest BCUT2D eigenvalue weighted by Gasteiger charge is 2.27. The summed E-state index contributed by atoms with van der Waals surface area (Å²) in [6, 6.07) is 11.3. The summed E-state index contributed by atoms with van der Waals surface area (Å²) in [4.78, 5) is 8.55. The van der Waals surface area contributed by atoms with E-state index in [1.165, 1.54) is 19.2 Å². The minimum absolute atomic E-state index is 0.475. The van der Waals surface area contributed by atoms with Crippen molar-refractivity contribution in [1.29, 1.82) is 0 Å². The van der Waals surface area contributed by atoms with E-state index < -0.39 is 0 Å². The van der Waals surface area contributed by atoms with Crippen LogP contribution in [-0.2, 0) is 13.1 Å². The van der Waals surface area contributed by atoms with Crippen molar-refractivity contribution in [3.63, 3.8) is 0 Å². The summed E-state index contributed by atoms with van der Waals surface area (Å²) in [5.74, 6) is 1.35. The molecule has 5 aromatic heterocycles. The van der Waals surface area contributed by atoms with Crippen molar-refractivity contribution in [2.24, 2.45) is 5.92 Å². The molecule has 0 aliphatic heterocycles. The fourth-order valence-corrected chi connectivity index (χ4v) is 4.13. The van der Waals surface area contributed by atoms with E-state index >= 15 is 0 Å². The zero-order chi connectivity index (χ0) is 20.8. The Morgan fingerprint density at radius 1 is 1.26 bits per heavy atom. The Bertz CT molecular complexity index is 1360. The molecule has 1 fully saturated rings. The van der Waals surface area contributed by atoms with Gasteiger partial charge in [-0.1, -0.05) is 6.07 Å². The van der Waals surface area contributed by atoms with Crippen LogP contribution in [0.1, 0.15) is 18.4 Å². The maximum atomic E-state index is 6.12. The summed E-state index contributed by atoms with van der Waals surface area (Å²) in [6.45, 7) is 4.17. The predicted octanol–water partition coefficient (Wildman–Crippen LogP) is 3.54. The molecule has 0 amide bonds. The molecule has 0 unspecified atom stereocenters. The van der Waals surface area contributed by atoms with E-state index in [4.69, 9.17) is 9.84 Å². The first kappa shape index (κ1) is 18.1. The van der Waals surface area contributed by atoms with Crippen molar-refractivity contribution in [2.75, 3.05) is 6.61 Å². The van der Waals surface area contributed by atoms with E-state index in [2.05, 4.69) is 44.8 Å². The van der Waals surface area contributed by atoms with Gasteiger partial charge >= 0.3 is 0 Å². The van der Waals surface area contributed by atoms with Gasteiger partial charge in [0.25, 0.3) is 0 Å². The molecule has 1 aliphatic rings. The third kappa shape index (κ3) is 3.24. The summed E-state index contributed by atoms with van der Waals surface area (Å²) in [6.07, 6.45) is 9.43. The van der Waals surface area contributed by atoms with E-state index in [9.17, 15) is 0 Å². The fraction of sp³-hybridized carbons (Fsp3) is 0.304. The van der Waals surface area contributed by atoms with Crippen LogP contribution < -0.4 is 4.74 Å². The predicted molar refractivity (Wildman–Crippen MR) is 116 cm³/mol. The fourth-order valence-electron chi connectivity index (χ4n) is 4.13. The minimum atomic E-state index is 0.475. The van der Waals surface area contributed by atoms with Gasteiger partial charge in [-0.05, 0) is 43.9 Å². The Morgan fingerprint density at radius 2 is 2.19 bits per heavy atom. The highest BCUT2D eigenvalue weighted by atomic mass is 16.5. The first-order chi connectivity index (χ1) is 15.3. The lowest BCUT2D eigenvalue weighted by molar-refractivity contribution is 0.283. The summed E-state index contributed by atoms with van der Waals surface area (Å²) in [5.41, 5.74) is 5.39. The number of fused-ring (bicyclic) bond motifs is 2. The lowest BCUT2D eigenvalue weighted by Gasteiger charge is -2.12. The molecule has 0 aromatic carbocycles. The van der Waals surface area contributed by atoms with E-state index in [-0.39, 0.29) is 0 Å². The highest BCUT2D eigenvalue weighted by Crippen LogP contribution is 2.38. The lowest BCUT2D eigenvalue weighted by atomic mass is 10.1. The van der Waals surface area contributed by atoms with E-state index in [1.807, 2.05) is 29.0 Å². The minimum Gasteiger partial charge on any atom is -0.474 e. The molecule has 8 nitrogen and oxygen atoms in total. The topological polar surface area (TPSA) is 75.1 Å². The van der Waals surface area contributed by atoms with Crippen molar-refractivity contribution in [3.05, 3.63) is 60.9 Å². The van der Waals surface area contributed by atoms with Crippen molar-refractivity contribution in [3.8, 4) is 17.3 Å². The van der Waals surface area contributed by atoms with Gasteiger partial charge in [0.15, 0.2) is 0 Å². The number of aryl methyl sites for hydroxylation is 1. The second-order valence-corrected chi connectivity index (χ2v) is 8.08. The molecule has 5 heterocycles. The molecule has 31 heavy (non-hydrogen) atoms. The van der Waals surface area contributed by atoms with Crippen molar-refractivity contribution < 1.29 is 4.74 Å². The standard InChI is InChI=1S/C23H22N7O/c1-16-19-4-2-3-9-30(19)27-21(16)20-12-18-7-8-25-23(22(18)29(20)13-17-5-6-17)31-11-10-28-15-24-14-26-28/h2,4,7-9,12,14-15,17H,5-6,10-11,13H2,1H3. The van der Waals surface area contributed by atoms with Gasteiger partial charge in [0.2, 0.25) is 5.88 Å². The van der Waals surface area contributed by atoms with Crippen LogP contribution in [0.2, 0.25) is 0 Å². The molecule has 0 atom stereocenters. The lowest BCUT2D eigenvalue weighted by Crippen LogP contribution is -2.10. The van der Waals surface area contributed by atoms with Crippen LogP contribution in [0, 0.1) is 18.9 Å². The van der Waals surface area contributed by atoms with Gasteiger partial charge in [-0.25, -0.2) is 19.2 Å². The Morgan fingerprint density at radius 3 is 3.00 bits per heavy atom. The van der Waals surface area contributed by atoms with Crippen LogP contribution in [0.3, 0.4) is 0 Å². The number of rotatable bonds is 7. The Hall–Kier alpha value is -3.68. The first-order valence-electron chi connectivity index (χ1n) is 10.6. The SMILES string of the molecule is Cc1c(-c2cc3ccnc(OCCn4cncn4)c3n2CC2CC2)nn2c[c]ccc12. The second kappa shape index (κ2) is 7.23. The number of hydrogen-bond acceptors (Lipinski definition) is 5. The van der Waals surface area contributed by atoms with Crippen LogP contribution in [0.15, 0.2) is 49.3 Å². The summed E-state index contributed by atoms with van der Waals surface area (Å²) in [7, 11) is 0. The van der Waals surface area contributed by atoms with Crippen molar-refractivity contribution in [1.82, 2.24) is 33.9 Å². The Labute approximate surface area is 179 Å². The molecule has 1 radical (unpaired) electrons. The normalized spacial score (nSPS) is 14.0. The summed E-state index contributed by atoms with van der Waals surface area (Å²) in [5, 5.41) is 10.1. The monoisotopic (exact) mass is 412 g/mol. The average Bonchev–Trinajstić information content (AvgIpc) is 3.17. The number of ether oxygens (including phenoxy) is 1. The van der Waals surface area contributed by atoms with Gasteiger partial charge in [-0.15, -0.1) is 0 Å². The second-order valence-electron chi connectivity index (χ2n) is 8.08. The van der Waals surface area contributed by atoms with Crippen LogP contribution in [0.5, 0.6) is 5.88 Å². The average molecular weight is 412 g/mol. The summed E-state index contributed by atoms with van der Waals surface area (Å²) >= 11 is 0. The maximum Gasteiger partial charge on any atom is 0.238 e. The van der Waals surface area contributed by atoms with Gasteiger partial charge in [0.1, 0.15) is 30.5 Å². The molecule has 0 bridgehead atoms. The molecule has 0 saturated heterocycles. The van der Waals surface area contributed by atoms with E-state index in [0.29, 0.717) is 24.9 Å². The summed E-state index contributed by atoms with van der Waals surface area (Å²) < 4.78 is 12.1. The maximum absolute atomic E-state index is 6.12. The molecule has 1 aliphatic carbocycles. The molecule has 0 N–H and O–H groups in total. The smallest absolute Gasteiger partial charge is 0.238 e. The van der Waals surface area contributed by atoms with Gasteiger partial charge in [0, 0.05) is 36.0 Å². The Balaban J connectivity index is 1.44. The van der Waals surface area contributed by atoms with Gasteiger partial charge in [0.05, 0.1) is 17.8 Å². The van der Waals surface area contributed by atoms with E-state index in [1.54, 1.807) is 11.0 Å². The number of hydrogen-bond donors (Lipinski definition) is 0. The number of aromatic nitrogens is 7. The van der Waals surface area contributed by atoms with Crippen LogP contribution >= 0.6 is 0 Å². The molecule has 0 spiro atoms. The largest absolute Gasteiger partial charge is 0.474 e. The van der Waals surface area contributed by atoms with Crippen LogP contribution in [-0.4, -0.2) is 40.5 Å². The number of pyridine rings is 2. The first-order valence-corrected chi connectivity index (χ1v) is 10.6. The van der Waals surface area contributed by atoms with Crippen LogP contribution in [0.25, 0.3) is 27.8 Å². The quantitative estimate of drug-likeness (QED) is 0.409. The van der Waals surface area contributed by atoms with Crippen molar-refractivity contribution in [2.45, 2.75) is 32.9 Å². The molecule has 155 valence electrons. The van der Waals surface area contributed by atoms with E-state index in [0.717, 1.165) is 39.9 Å². The molecular formula is C23H22N7O. The molecule has 8 heteroatoms. The third-order valence-electron chi connectivity index (χ3n) is 5.91. The highest BCUT2D eigenvalue weighted by molar-refractivity contribution is 5.90.